The number of nitrogens with zero attached hydrogens (tertiary/aromatic N) is 6. The average Bonchev–Trinajstić information content (AvgIpc) is 3.23. The third-order valence-electron chi connectivity index (χ3n) is 3.20. The van der Waals surface area contributed by atoms with Crippen LogP contribution in [0.25, 0.3) is 0 Å². The van der Waals surface area contributed by atoms with E-state index in [4.69, 9.17) is 5.11 Å². The second-order valence-electron chi connectivity index (χ2n) is 5.01. The molecule has 134 valence electrons. The smallest absolute Gasteiger partial charge is 0.410 e. The van der Waals surface area contributed by atoms with Crippen LogP contribution in [-0.4, -0.2) is 42.4 Å². The first kappa shape index (κ1) is 17.3. The van der Waals surface area contributed by atoms with Gasteiger partial charge in [-0.15, -0.1) is 11.3 Å². The highest BCUT2D eigenvalue weighted by atomic mass is 32.1. The molecule has 1 aromatic carbocycles. The lowest BCUT2D eigenvalue weighted by atomic mass is 10.3. The van der Waals surface area contributed by atoms with E-state index in [1.54, 1.807) is 36.7 Å². The molecule has 11 nitrogen and oxygen atoms in total. The Balaban J connectivity index is 1.75. The van der Waals surface area contributed by atoms with E-state index in [0.29, 0.717) is 11.4 Å². The Morgan fingerprint density at radius 2 is 2.08 bits per heavy atom. The molecule has 3 rings (SSSR count). The molecule has 0 bridgehead atoms. The van der Waals surface area contributed by atoms with Crippen LogP contribution in [0.3, 0.4) is 0 Å². The number of aryl methyl sites for hydroxylation is 1. The van der Waals surface area contributed by atoms with Crippen molar-refractivity contribution < 1.29 is 14.7 Å². The lowest BCUT2D eigenvalue weighted by molar-refractivity contribution is 0.209. The predicted octanol–water partition coefficient (Wildman–Crippen LogP) is 1.80. The highest BCUT2D eigenvalue weighted by molar-refractivity contribution is 7.13. The molecule has 0 aliphatic heterocycles. The van der Waals surface area contributed by atoms with Gasteiger partial charge in [-0.25, -0.2) is 24.2 Å². The van der Waals surface area contributed by atoms with Crippen molar-refractivity contribution in [3.05, 3.63) is 41.4 Å². The Kier molecular flexibility index (Phi) is 5.03. The fraction of sp³-hybridized carbons (Fsp3) is 0.143. The number of tetrazole rings is 1. The molecule has 0 spiro atoms. The van der Waals surface area contributed by atoms with Crippen molar-refractivity contribution in [2.75, 3.05) is 10.2 Å². The molecule has 0 aliphatic rings. The van der Waals surface area contributed by atoms with E-state index >= 15 is 0 Å². The lowest BCUT2D eigenvalue weighted by Gasteiger charge is -2.20. The van der Waals surface area contributed by atoms with Crippen molar-refractivity contribution in [1.29, 1.82) is 0 Å². The number of carbonyl (C=O) groups excluding carboxylic acids is 1. The standard InChI is InChI=1S/C14H14N8O3S/c1-21-12(18-19-20-21)22(10-5-3-2-4-6-10)13(23)15-7-9-8-26-11(16-9)17-14(24)25/h2-6,8H,7H2,1H3,(H,15,23)(H,16,17)(H,24,25). The normalized spacial score (nSPS) is 10.3. The molecule has 0 atom stereocenters. The molecule has 3 N–H and O–H groups in total. The summed E-state index contributed by atoms with van der Waals surface area (Å²) in [5.74, 6) is 0.250. The molecule has 26 heavy (non-hydrogen) atoms. The monoisotopic (exact) mass is 374 g/mol. The molecule has 0 fully saturated rings. The fourth-order valence-corrected chi connectivity index (χ4v) is 2.80. The van der Waals surface area contributed by atoms with Gasteiger partial charge in [0.15, 0.2) is 5.13 Å². The Labute approximate surface area is 151 Å². The van der Waals surface area contributed by atoms with Gasteiger partial charge in [-0.3, -0.25) is 5.32 Å². The van der Waals surface area contributed by atoms with Crippen LogP contribution in [0, 0.1) is 0 Å². The number of anilines is 3. The Hall–Kier alpha value is -3.54. The Morgan fingerprint density at radius 1 is 1.31 bits per heavy atom. The van der Waals surface area contributed by atoms with Crippen LogP contribution in [0.2, 0.25) is 0 Å². The van der Waals surface area contributed by atoms with E-state index in [9.17, 15) is 9.59 Å². The lowest BCUT2D eigenvalue weighted by Crippen LogP contribution is -2.38. The van der Waals surface area contributed by atoms with Crippen molar-refractivity contribution in [2.24, 2.45) is 7.05 Å². The van der Waals surface area contributed by atoms with E-state index in [1.807, 2.05) is 6.07 Å². The van der Waals surface area contributed by atoms with Crippen molar-refractivity contribution in [3.8, 4) is 0 Å². The van der Waals surface area contributed by atoms with Crippen molar-refractivity contribution in [1.82, 2.24) is 30.5 Å². The Morgan fingerprint density at radius 3 is 2.73 bits per heavy atom. The van der Waals surface area contributed by atoms with Gasteiger partial charge in [0.05, 0.1) is 17.9 Å². The highest BCUT2D eigenvalue weighted by Gasteiger charge is 2.23. The van der Waals surface area contributed by atoms with Crippen LogP contribution in [0.15, 0.2) is 35.7 Å². The molecule has 12 heteroatoms. The minimum Gasteiger partial charge on any atom is -0.465 e. The van der Waals surface area contributed by atoms with Gasteiger partial charge < -0.3 is 10.4 Å². The first-order chi connectivity index (χ1) is 12.5. The zero-order valence-corrected chi connectivity index (χ0v) is 14.3. The first-order valence-electron chi connectivity index (χ1n) is 7.34. The minimum absolute atomic E-state index is 0.116. The maximum absolute atomic E-state index is 12.7. The number of urea groups is 1. The van der Waals surface area contributed by atoms with E-state index in [0.717, 1.165) is 11.3 Å². The fourth-order valence-electron chi connectivity index (χ4n) is 2.10. The van der Waals surface area contributed by atoms with E-state index in [2.05, 4.69) is 31.1 Å². The number of carbonyl (C=O) groups is 2. The summed E-state index contributed by atoms with van der Waals surface area (Å²) in [6.45, 7) is 0.116. The molecular formula is C14H14N8O3S. The summed E-state index contributed by atoms with van der Waals surface area (Å²) in [6, 6.07) is 8.49. The van der Waals surface area contributed by atoms with Crippen LogP contribution < -0.4 is 15.5 Å². The highest BCUT2D eigenvalue weighted by Crippen LogP contribution is 2.22. The molecule has 2 aromatic heterocycles. The van der Waals surface area contributed by atoms with E-state index < -0.39 is 12.1 Å². The van der Waals surface area contributed by atoms with Gasteiger partial charge in [0.25, 0.3) is 5.95 Å². The van der Waals surface area contributed by atoms with Gasteiger partial charge in [-0.1, -0.05) is 23.3 Å². The maximum Gasteiger partial charge on any atom is 0.410 e. The maximum atomic E-state index is 12.7. The van der Waals surface area contributed by atoms with Crippen LogP contribution in [0.5, 0.6) is 0 Å². The molecule has 0 radical (unpaired) electrons. The number of nitrogens with one attached hydrogen (secondary N) is 2. The third-order valence-corrected chi connectivity index (χ3v) is 4.01. The van der Waals surface area contributed by atoms with Crippen molar-refractivity contribution >= 4 is 40.2 Å². The zero-order chi connectivity index (χ0) is 18.5. The molecule has 0 unspecified atom stereocenters. The van der Waals surface area contributed by atoms with Gasteiger partial charge in [0.2, 0.25) is 0 Å². The first-order valence-corrected chi connectivity index (χ1v) is 8.22. The summed E-state index contributed by atoms with van der Waals surface area (Å²) in [4.78, 5) is 28.8. The summed E-state index contributed by atoms with van der Waals surface area (Å²) in [6.07, 6.45) is -1.19. The summed E-state index contributed by atoms with van der Waals surface area (Å²) >= 11 is 1.13. The van der Waals surface area contributed by atoms with Crippen molar-refractivity contribution in [2.45, 2.75) is 6.54 Å². The number of thiazole rings is 1. The van der Waals surface area contributed by atoms with Crippen LogP contribution in [-0.2, 0) is 13.6 Å². The molecule has 0 saturated heterocycles. The molecule has 0 aliphatic carbocycles. The third kappa shape index (κ3) is 3.92. The van der Waals surface area contributed by atoms with Gasteiger partial charge in [0.1, 0.15) is 0 Å². The second kappa shape index (κ2) is 7.57. The van der Waals surface area contributed by atoms with Gasteiger partial charge in [-0.2, -0.15) is 0 Å². The molecule has 3 aromatic rings. The largest absolute Gasteiger partial charge is 0.465 e. The Bertz CT molecular complexity index is 910. The second-order valence-corrected chi connectivity index (χ2v) is 5.86. The SMILES string of the molecule is Cn1nnnc1N(C(=O)NCc1csc(NC(=O)O)n1)c1ccccc1. The van der Waals surface area contributed by atoms with Crippen LogP contribution in [0.1, 0.15) is 5.69 Å². The number of benzene rings is 1. The zero-order valence-electron chi connectivity index (χ0n) is 13.5. The summed E-state index contributed by atoms with van der Waals surface area (Å²) in [7, 11) is 1.63. The van der Waals surface area contributed by atoms with Gasteiger partial charge in [0, 0.05) is 12.4 Å². The summed E-state index contributed by atoms with van der Waals surface area (Å²) in [5, 5.41) is 26.7. The molecular weight excluding hydrogens is 360 g/mol. The summed E-state index contributed by atoms with van der Waals surface area (Å²) < 4.78 is 1.38. The van der Waals surface area contributed by atoms with Crippen molar-refractivity contribution in [3.63, 3.8) is 0 Å². The number of hydrogen-bond acceptors (Lipinski definition) is 7. The van der Waals surface area contributed by atoms with Gasteiger partial charge >= 0.3 is 12.1 Å². The van der Waals surface area contributed by atoms with Crippen LogP contribution in [0.4, 0.5) is 26.4 Å². The van der Waals surface area contributed by atoms with E-state index in [-0.39, 0.29) is 17.6 Å². The van der Waals surface area contributed by atoms with Gasteiger partial charge in [-0.05, 0) is 22.6 Å². The number of hydrogen-bond donors (Lipinski definition) is 3. The topological polar surface area (TPSA) is 138 Å². The van der Waals surface area contributed by atoms with Crippen LogP contribution >= 0.6 is 11.3 Å². The minimum atomic E-state index is -1.19. The number of amides is 3. The average molecular weight is 374 g/mol. The number of aromatic nitrogens is 5. The number of carboxylic acid groups (broad SMARTS) is 1. The molecule has 3 amide bonds. The number of rotatable bonds is 5. The van der Waals surface area contributed by atoms with E-state index in [1.165, 1.54) is 9.58 Å². The molecule has 0 saturated carbocycles. The molecule has 2 heterocycles. The number of para-hydroxylation sites is 1. The quantitative estimate of drug-likeness (QED) is 0.619. The summed E-state index contributed by atoms with van der Waals surface area (Å²) in [5.41, 5.74) is 1.12. The predicted molar refractivity (Wildman–Crippen MR) is 93.4 cm³/mol.